The largest absolute Gasteiger partial charge is 0.497 e. The molecular formula is C25H29N5O3. The van der Waals surface area contributed by atoms with Crippen molar-refractivity contribution in [1.29, 1.82) is 0 Å². The van der Waals surface area contributed by atoms with Gasteiger partial charge in [0.25, 0.3) is 0 Å². The maximum Gasteiger partial charge on any atom is 0.330 e. The van der Waals surface area contributed by atoms with Crippen LogP contribution in [0.4, 0.5) is 16.2 Å². The van der Waals surface area contributed by atoms with Crippen LogP contribution in [-0.2, 0) is 11.3 Å². The summed E-state index contributed by atoms with van der Waals surface area (Å²) in [6, 6.07) is 10.0. The molecule has 172 valence electrons. The summed E-state index contributed by atoms with van der Waals surface area (Å²) in [6.45, 7) is 8.99. The molecule has 1 spiro atoms. The molecule has 5 heterocycles. The number of aliphatic imine (C=N–C) groups is 1. The molecule has 0 N–H and O–H groups in total. The molecule has 1 aromatic carbocycles. The van der Waals surface area contributed by atoms with Gasteiger partial charge in [-0.05, 0) is 29.7 Å². The van der Waals surface area contributed by atoms with Gasteiger partial charge < -0.3 is 14.4 Å². The molecule has 33 heavy (non-hydrogen) atoms. The van der Waals surface area contributed by atoms with Crippen molar-refractivity contribution >= 4 is 23.2 Å². The lowest BCUT2D eigenvalue weighted by Crippen LogP contribution is -2.66. The van der Waals surface area contributed by atoms with Crippen molar-refractivity contribution in [3.63, 3.8) is 0 Å². The topological polar surface area (TPSA) is 70.5 Å². The van der Waals surface area contributed by atoms with Gasteiger partial charge in [0.15, 0.2) is 5.84 Å². The maximum absolute atomic E-state index is 13.7. The van der Waals surface area contributed by atoms with Crippen molar-refractivity contribution in [2.24, 2.45) is 16.3 Å². The molecule has 0 bridgehead atoms. The van der Waals surface area contributed by atoms with E-state index in [0.29, 0.717) is 30.3 Å². The normalized spacial score (nSPS) is 22.7. The Morgan fingerprint density at radius 2 is 1.97 bits per heavy atom. The second kappa shape index (κ2) is 7.45. The van der Waals surface area contributed by atoms with Gasteiger partial charge in [0.2, 0.25) is 0 Å². The fraction of sp³-hybridized carbons (Fsp3) is 0.480. The first-order valence-corrected chi connectivity index (χ1v) is 11.6. The zero-order chi connectivity index (χ0) is 22.7. The van der Waals surface area contributed by atoms with Gasteiger partial charge in [0, 0.05) is 13.1 Å². The van der Waals surface area contributed by atoms with E-state index in [0.717, 1.165) is 54.7 Å². The predicted molar refractivity (Wildman–Crippen MR) is 126 cm³/mol. The van der Waals surface area contributed by atoms with E-state index in [9.17, 15) is 4.79 Å². The Hall–Kier alpha value is -3.13. The van der Waals surface area contributed by atoms with E-state index in [-0.39, 0.29) is 12.1 Å². The summed E-state index contributed by atoms with van der Waals surface area (Å²) >= 11 is 0. The van der Waals surface area contributed by atoms with Gasteiger partial charge in [-0.1, -0.05) is 26.0 Å². The van der Waals surface area contributed by atoms with Crippen LogP contribution >= 0.6 is 0 Å². The second-order valence-electron chi connectivity index (χ2n) is 10.0. The van der Waals surface area contributed by atoms with Gasteiger partial charge in [-0.15, -0.1) is 0 Å². The number of amidine groups is 1. The van der Waals surface area contributed by atoms with Gasteiger partial charge in [-0.2, -0.15) is 0 Å². The van der Waals surface area contributed by atoms with Crippen LogP contribution in [0, 0.1) is 11.3 Å². The third-order valence-electron chi connectivity index (χ3n) is 7.23. The molecule has 0 aliphatic carbocycles. The molecular weight excluding hydrogens is 418 g/mol. The number of anilines is 2. The summed E-state index contributed by atoms with van der Waals surface area (Å²) in [6.07, 6.45) is 1.93. The van der Waals surface area contributed by atoms with E-state index in [1.807, 2.05) is 35.4 Å². The fourth-order valence-corrected chi connectivity index (χ4v) is 5.09. The van der Waals surface area contributed by atoms with Crippen molar-refractivity contribution in [1.82, 2.24) is 9.88 Å². The smallest absolute Gasteiger partial charge is 0.330 e. The first-order chi connectivity index (χ1) is 16.0. The minimum Gasteiger partial charge on any atom is -0.497 e. The summed E-state index contributed by atoms with van der Waals surface area (Å²) in [5.74, 6) is 1.86. The molecule has 4 aliphatic heterocycles. The minimum absolute atomic E-state index is 0.0355. The van der Waals surface area contributed by atoms with Crippen LogP contribution in [0.5, 0.6) is 5.75 Å². The predicted octanol–water partition coefficient (Wildman–Crippen LogP) is 3.15. The van der Waals surface area contributed by atoms with Gasteiger partial charge in [0.05, 0.1) is 62.4 Å². The Balaban J connectivity index is 1.36. The molecule has 6 rings (SSSR count). The highest BCUT2D eigenvalue weighted by Gasteiger charge is 2.49. The number of rotatable bonds is 5. The Labute approximate surface area is 193 Å². The SMILES string of the molecule is COc1ccc(CN2C(=O)N3CC(C(C)C)N=C3c3ncc(N4CC5(COC5)C4)cc32)cc1. The van der Waals surface area contributed by atoms with Crippen LogP contribution in [0.2, 0.25) is 0 Å². The Bertz CT molecular complexity index is 1120. The quantitative estimate of drug-likeness (QED) is 0.704. The van der Waals surface area contributed by atoms with Crippen LogP contribution in [-0.4, -0.2) is 67.8 Å². The second-order valence-corrected chi connectivity index (χ2v) is 10.0. The summed E-state index contributed by atoms with van der Waals surface area (Å²) in [7, 11) is 1.65. The molecule has 2 aromatic rings. The number of fused-ring (bicyclic) bond motifs is 3. The molecule has 2 saturated heterocycles. The molecule has 0 radical (unpaired) electrons. The van der Waals surface area contributed by atoms with E-state index in [2.05, 4.69) is 24.8 Å². The average molecular weight is 448 g/mol. The molecule has 8 heteroatoms. The maximum atomic E-state index is 13.7. The summed E-state index contributed by atoms with van der Waals surface area (Å²) in [5, 5.41) is 0. The lowest BCUT2D eigenvalue weighted by molar-refractivity contribution is -0.127. The molecule has 1 unspecified atom stereocenters. The van der Waals surface area contributed by atoms with Crippen LogP contribution < -0.4 is 14.5 Å². The van der Waals surface area contributed by atoms with E-state index >= 15 is 0 Å². The Kier molecular flexibility index (Phi) is 4.62. The van der Waals surface area contributed by atoms with Crippen LogP contribution in [0.1, 0.15) is 25.1 Å². The third-order valence-corrected chi connectivity index (χ3v) is 7.23. The Morgan fingerprint density at radius 3 is 2.61 bits per heavy atom. The summed E-state index contributed by atoms with van der Waals surface area (Å²) < 4.78 is 10.7. The van der Waals surface area contributed by atoms with Crippen molar-refractivity contribution in [2.75, 3.05) is 49.8 Å². The number of amides is 2. The van der Waals surface area contributed by atoms with Gasteiger partial charge in [0.1, 0.15) is 11.4 Å². The third kappa shape index (κ3) is 3.27. The van der Waals surface area contributed by atoms with Crippen LogP contribution in [0.25, 0.3) is 0 Å². The lowest BCUT2D eigenvalue weighted by atomic mass is 9.78. The number of carbonyl (C=O) groups excluding carboxylic acids is 1. The van der Waals surface area contributed by atoms with Crippen molar-refractivity contribution in [2.45, 2.75) is 26.4 Å². The first kappa shape index (κ1) is 20.5. The van der Waals surface area contributed by atoms with E-state index in [4.69, 9.17) is 19.5 Å². The lowest BCUT2D eigenvalue weighted by Gasteiger charge is -2.56. The van der Waals surface area contributed by atoms with Gasteiger partial charge >= 0.3 is 6.03 Å². The Morgan fingerprint density at radius 1 is 1.21 bits per heavy atom. The highest BCUT2D eigenvalue weighted by Crippen LogP contribution is 2.42. The van der Waals surface area contributed by atoms with Crippen LogP contribution in [0.3, 0.4) is 0 Å². The molecule has 2 fully saturated rings. The van der Waals surface area contributed by atoms with Gasteiger partial charge in [-0.3, -0.25) is 14.8 Å². The number of hydrogen-bond donors (Lipinski definition) is 0. The monoisotopic (exact) mass is 447 g/mol. The number of carbonyl (C=O) groups is 1. The zero-order valence-corrected chi connectivity index (χ0v) is 19.3. The number of methoxy groups -OCH3 is 1. The standard InChI is InChI=1S/C25H29N5O3/c1-16(2)20-11-30-23(27-20)22-21(8-18(9-26-22)28-12-25(13-28)14-33-15-25)29(24(30)31)10-17-4-6-19(32-3)7-5-17/h4-9,16,20H,10-15H2,1-3H3. The molecule has 4 aliphatic rings. The number of aromatic nitrogens is 1. The molecule has 8 nitrogen and oxygen atoms in total. The van der Waals surface area contributed by atoms with Crippen molar-refractivity contribution in [3.8, 4) is 5.75 Å². The molecule has 1 atom stereocenters. The minimum atomic E-state index is -0.0355. The number of urea groups is 1. The zero-order valence-electron chi connectivity index (χ0n) is 19.3. The van der Waals surface area contributed by atoms with E-state index < -0.39 is 0 Å². The first-order valence-electron chi connectivity index (χ1n) is 11.6. The molecule has 2 amide bonds. The summed E-state index contributed by atoms with van der Waals surface area (Å²) in [4.78, 5) is 29.4. The van der Waals surface area contributed by atoms with Crippen LogP contribution in [0.15, 0.2) is 41.5 Å². The molecule has 1 aromatic heterocycles. The molecule has 0 saturated carbocycles. The number of pyridine rings is 1. The number of ether oxygens (including phenoxy) is 2. The van der Waals surface area contributed by atoms with Crippen molar-refractivity contribution < 1.29 is 14.3 Å². The number of benzene rings is 1. The van der Waals surface area contributed by atoms with Gasteiger partial charge in [-0.25, -0.2) is 9.78 Å². The number of hydrogen-bond acceptors (Lipinski definition) is 6. The summed E-state index contributed by atoms with van der Waals surface area (Å²) in [5.41, 5.74) is 4.02. The van der Waals surface area contributed by atoms with E-state index in [1.54, 1.807) is 12.0 Å². The number of nitrogens with zero attached hydrogens (tertiary/aromatic N) is 5. The van der Waals surface area contributed by atoms with E-state index in [1.165, 1.54) is 0 Å². The highest BCUT2D eigenvalue weighted by atomic mass is 16.5. The average Bonchev–Trinajstić information content (AvgIpc) is 3.21. The van der Waals surface area contributed by atoms with Crippen molar-refractivity contribution in [3.05, 3.63) is 47.8 Å². The highest BCUT2D eigenvalue weighted by molar-refractivity contribution is 6.19. The fourth-order valence-electron chi connectivity index (χ4n) is 5.09.